The molecule has 0 saturated carbocycles. The summed E-state index contributed by atoms with van der Waals surface area (Å²) in [5.74, 6) is 2.25. The van der Waals surface area contributed by atoms with Gasteiger partial charge in [0.05, 0.1) is 30.5 Å². The Kier molecular flexibility index (Phi) is 7.35. The molecular formula is C18H22N2O4S2. The van der Waals surface area contributed by atoms with E-state index in [0.717, 1.165) is 23.5 Å². The second-order valence-electron chi connectivity index (χ2n) is 5.52. The van der Waals surface area contributed by atoms with Crippen molar-refractivity contribution in [2.45, 2.75) is 5.75 Å². The number of nitrogens with zero attached hydrogens (tertiary/aromatic N) is 1. The first-order valence-corrected chi connectivity index (χ1v) is 11.0. The lowest BCUT2D eigenvalue weighted by atomic mass is 10.2. The van der Waals surface area contributed by atoms with Crippen LogP contribution in [0.15, 0.2) is 59.7 Å². The van der Waals surface area contributed by atoms with Crippen molar-refractivity contribution >= 4 is 33.4 Å². The first kappa shape index (κ1) is 20.1. The molecule has 1 aromatic heterocycles. The second-order valence-corrected chi connectivity index (χ2v) is 8.53. The van der Waals surface area contributed by atoms with Gasteiger partial charge >= 0.3 is 0 Å². The molecule has 0 aliphatic heterocycles. The lowest BCUT2D eigenvalue weighted by Crippen LogP contribution is -2.30. The molecule has 0 fully saturated rings. The molecule has 1 heterocycles. The van der Waals surface area contributed by atoms with Gasteiger partial charge in [0.1, 0.15) is 5.76 Å². The van der Waals surface area contributed by atoms with Crippen molar-refractivity contribution in [2.24, 2.45) is 0 Å². The van der Waals surface area contributed by atoms with Gasteiger partial charge in [0.25, 0.3) is 5.91 Å². The maximum atomic E-state index is 12.2. The Morgan fingerprint density at radius 2 is 2.04 bits per heavy atom. The molecule has 26 heavy (non-hydrogen) atoms. The van der Waals surface area contributed by atoms with Gasteiger partial charge in [0.2, 0.25) is 10.0 Å². The zero-order valence-electron chi connectivity index (χ0n) is 14.6. The van der Waals surface area contributed by atoms with E-state index in [4.69, 9.17) is 4.42 Å². The summed E-state index contributed by atoms with van der Waals surface area (Å²) in [6.07, 6.45) is 4.29. The first-order valence-electron chi connectivity index (χ1n) is 7.99. The second kappa shape index (κ2) is 9.49. The normalized spacial score (nSPS) is 11.1. The van der Waals surface area contributed by atoms with Crippen LogP contribution in [0.1, 0.15) is 16.1 Å². The molecule has 0 atom stereocenters. The lowest BCUT2D eigenvalue weighted by molar-refractivity contribution is 0.0956. The highest BCUT2D eigenvalue weighted by Crippen LogP contribution is 2.18. The van der Waals surface area contributed by atoms with E-state index in [9.17, 15) is 13.2 Å². The maximum absolute atomic E-state index is 12.2. The van der Waals surface area contributed by atoms with Gasteiger partial charge in [0, 0.05) is 17.9 Å². The van der Waals surface area contributed by atoms with Gasteiger partial charge in [-0.1, -0.05) is 6.08 Å². The Morgan fingerprint density at radius 3 is 2.62 bits per heavy atom. The third-order valence-corrected chi connectivity index (χ3v) is 5.61. The third kappa shape index (κ3) is 5.96. The van der Waals surface area contributed by atoms with Crippen LogP contribution in [0.2, 0.25) is 0 Å². The molecule has 1 amide bonds. The summed E-state index contributed by atoms with van der Waals surface area (Å²) < 4.78 is 30.1. The Labute approximate surface area is 158 Å². The molecule has 0 saturated heterocycles. The van der Waals surface area contributed by atoms with E-state index >= 15 is 0 Å². The molecule has 2 aromatic rings. The molecule has 0 aliphatic carbocycles. The SMILES string of the molecule is C=CCN(c1ccc(C(=O)NCCSCc2ccco2)cc1)S(C)(=O)=O. The number of hydrogen-bond donors (Lipinski definition) is 1. The molecule has 8 heteroatoms. The van der Waals surface area contributed by atoms with E-state index in [2.05, 4.69) is 11.9 Å². The van der Waals surface area contributed by atoms with Gasteiger partial charge < -0.3 is 9.73 Å². The van der Waals surface area contributed by atoms with E-state index in [1.165, 1.54) is 10.4 Å². The molecule has 2 rings (SSSR count). The number of benzene rings is 1. The fourth-order valence-electron chi connectivity index (χ4n) is 2.23. The largest absolute Gasteiger partial charge is 0.468 e. The third-order valence-electron chi connectivity index (χ3n) is 3.47. The monoisotopic (exact) mass is 394 g/mol. The fourth-order valence-corrected chi connectivity index (χ4v) is 3.87. The summed E-state index contributed by atoms with van der Waals surface area (Å²) in [5.41, 5.74) is 0.981. The number of amides is 1. The van der Waals surface area contributed by atoms with Gasteiger partial charge in [-0.15, -0.1) is 6.58 Å². The summed E-state index contributed by atoms with van der Waals surface area (Å²) in [5, 5.41) is 2.84. The summed E-state index contributed by atoms with van der Waals surface area (Å²) in [4.78, 5) is 12.2. The first-order chi connectivity index (χ1) is 12.4. The van der Waals surface area contributed by atoms with E-state index < -0.39 is 10.0 Å². The van der Waals surface area contributed by atoms with Crippen LogP contribution in [0.25, 0.3) is 0 Å². The molecule has 1 aromatic carbocycles. The van der Waals surface area contributed by atoms with Crippen molar-refractivity contribution in [3.63, 3.8) is 0 Å². The van der Waals surface area contributed by atoms with Gasteiger partial charge in [-0.25, -0.2) is 8.42 Å². The number of rotatable bonds is 10. The number of anilines is 1. The van der Waals surface area contributed by atoms with Crippen molar-refractivity contribution < 1.29 is 17.6 Å². The standard InChI is InChI=1S/C18H22N2O4S2/c1-3-11-20(26(2,22)23)16-8-6-15(7-9-16)18(21)19-10-13-25-14-17-5-4-12-24-17/h3-9,12H,1,10-11,13-14H2,2H3,(H,19,21). The summed E-state index contributed by atoms with van der Waals surface area (Å²) in [6.45, 7) is 4.29. The zero-order valence-corrected chi connectivity index (χ0v) is 16.2. The van der Waals surface area contributed by atoms with Gasteiger partial charge in [0.15, 0.2) is 0 Å². The molecule has 0 spiro atoms. The summed E-state index contributed by atoms with van der Waals surface area (Å²) in [6, 6.07) is 10.2. The predicted molar refractivity (Wildman–Crippen MR) is 106 cm³/mol. The van der Waals surface area contributed by atoms with Crippen molar-refractivity contribution in [1.82, 2.24) is 5.32 Å². The van der Waals surface area contributed by atoms with E-state index in [0.29, 0.717) is 17.8 Å². The van der Waals surface area contributed by atoms with Crippen LogP contribution < -0.4 is 9.62 Å². The minimum Gasteiger partial charge on any atom is -0.468 e. The highest BCUT2D eigenvalue weighted by molar-refractivity contribution is 7.98. The van der Waals surface area contributed by atoms with E-state index in [1.54, 1.807) is 42.3 Å². The number of carbonyl (C=O) groups excluding carboxylic acids is 1. The topological polar surface area (TPSA) is 79.6 Å². The molecule has 6 nitrogen and oxygen atoms in total. The molecular weight excluding hydrogens is 372 g/mol. The highest BCUT2D eigenvalue weighted by atomic mass is 32.2. The van der Waals surface area contributed by atoms with Crippen LogP contribution in [0.5, 0.6) is 0 Å². The van der Waals surface area contributed by atoms with Crippen LogP contribution in [0, 0.1) is 0 Å². The maximum Gasteiger partial charge on any atom is 0.251 e. The van der Waals surface area contributed by atoms with Crippen molar-refractivity contribution in [3.8, 4) is 0 Å². The number of nitrogens with one attached hydrogen (secondary N) is 1. The average molecular weight is 395 g/mol. The Bertz CT molecular complexity index is 815. The lowest BCUT2D eigenvalue weighted by Gasteiger charge is -2.20. The number of hydrogen-bond acceptors (Lipinski definition) is 5. The van der Waals surface area contributed by atoms with Crippen LogP contribution >= 0.6 is 11.8 Å². The summed E-state index contributed by atoms with van der Waals surface area (Å²) in [7, 11) is -3.40. The minimum absolute atomic E-state index is 0.178. The van der Waals surface area contributed by atoms with E-state index in [-0.39, 0.29) is 12.5 Å². The van der Waals surface area contributed by atoms with Gasteiger partial charge in [-0.05, 0) is 36.4 Å². The number of sulfonamides is 1. The summed E-state index contributed by atoms with van der Waals surface area (Å²) >= 11 is 1.67. The number of carbonyl (C=O) groups is 1. The van der Waals surface area contributed by atoms with Crippen molar-refractivity contribution in [1.29, 1.82) is 0 Å². The molecule has 0 unspecified atom stereocenters. The van der Waals surface area contributed by atoms with Gasteiger partial charge in [-0.3, -0.25) is 9.10 Å². The quantitative estimate of drug-likeness (QED) is 0.495. The molecule has 0 aliphatic rings. The van der Waals surface area contributed by atoms with Crippen LogP contribution in [0.3, 0.4) is 0 Å². The van der Waals surface area contributed by atoms with Crippen molar-refractivity contribution in [3.05, 3.63) is 66.6 Å². The average Bonchev–Trinajstić information content (AvgIpc) is 3.12. The Balaban J connectivity index is 1.84. The smallest absolute Gasteiger partial charge is 0.251 e. The van der Waals surface area contributed by atoms with E-state index in [1.807, 2.05) is 12.1 Å². The number of thioether (sulfide) groups is 1. The molecule has 140 valence electrons. The fraction of sp³-hybridized carbons (Fsp3) is 0.278. The minimum atomic E-state index is -3.40. The van der Waals surface area contributed by atoms with Crippen LogP contribution in [-0.4, -0.2) is 39.4 Å². The zero-order chi connectivity index (χ0) is 19.0. The van der Waals surface area contributed by atoms with Gasteiger partial charge in [-0.2, -0.15) is 11.8 Å². The highest BCUT2D eigenvalue weighted by Gasteiger charge is 2.16. The molecule has 0 radical (unpaired) electrons. The molecule has 0 bridgehead atoms. The van der Waals surface area contributed by atoms with Crippen LogP contribution in [-0.2, 0) is 15.8 Å². The predicted octanol–water partition coefficient (Wildman–Crippen LogP) is 2.89. The van der Waals surface area contributed by atoms with Crippen LogP contribution in [0.4, 0.5) is 5.69 Å². The molecule has 1 N–H and O–H groups in total. The number of furan rings is 1. The van der Waals surface area contributed by atoms with Crippen molar-refractivity contribution in [2.75, 3.05) is 29.4 Å². The Morgan fingerprint density at radius 1 is 1.31 bits per heavy atom. The Hall–Kier alpha value is -2.19.